The molecule has 2 aliphatic heterocycles. The third-order valence-electron chi connectivity index (χ3n) is 5.36. The van der Waals surface area contributed by atoms with E-state index in [-0.39, 0.29) is 23.5 Å². The topological polar surface area (TPSA) is 48.9 Å². The second kappa shape index (κ2) is 4.60. The van der Waals surface area contributed by atoms with Gasteiger partial charge >= 0.3 is 11.4 Å². The largest absolute Gasteiger partial charge is 0.352 e. The van der Waals surface area contributed by atoms with Crippen LogP contribution in [0.3, 0.4) is 0 Å². The summed E-state index contributed by atoms with van der Waals surface area (Å²) in [4.78, 5) is 26.5. The van der Waals surface area contributed by atoms with Crippen LogP contribution in [0.15, 0.2) is 52.1 Å². The van der Waals surface area contributed by atoms with Gasteiger partial charge in [0.1, 0.15) is 0 Å². The Morgan fingerprint density at radius 1 is 0.783 bits per heavy atom. The van der Waals surface area contributed by atoms with E-state index in [1.54, 1.807) is 21.5 Å². The summed E-state index contributed by atoms with van der Waals surface area (Å²) in [5.74, 6) is 0.691. The fourth-order valence-corrected chi connectivity index (χ4v) is 6.36. The highest BCUT2D eigenvalue weighted by molar-refractivity contribution is 9.12. The number of para-hydroxylation sites is 1. The highest BCUT2D eigenvalue weighted by Gasteiger charge is 2.60. The lowest BCUT2D eigenvalue weighted by Crippen LogP contribution is -2.63. The van der Waals surface area contributed by atoms with Crippen molar-refractivity contribution in [2.24, 2.45) is 11.8 Å². The summed E-state index contributed by atoms with van der Waals surface area (Å²) < 4.78 is 4.58. The lowest BCUT2D eigenvalue weighted by atomic mass is 9.62. The standard InChI is InChI=1S/C16H13Br2N3O2/c17-13-11-9-6-7-10(12(11)14(13)18)21-16(23)19(15(22)20(9)21)8-4-2-1-3-5-8/h1-7,9-14H/t9-,10-,11-,12-,13-,14-/m0/s1. The van der Waals surface area contributed by atoms with E-state index in [2.05, 4.69) is 44.0 Å². The van der Waals surface area contributed by atoms with Crippen molar-refractivity contribution in [1.29, 1.82) is 0 Å². The van der Waals surface area contributed by atoms with Gasteiger partial charge in [0.2, 0.25) is 0 Å². The molecule has 3 heterocycles. The Morgan fingerprint density at radius 2 is 1.26 bits per heavy atom. The number of hydrogen-bond donors (Lipinski definition) is 0. The molecule has 1 fully saturated rings. The van der Waals surface area contributed by atoms with E-state index in [0.717, 1.165) is 0 Å². The van der Waals surface area contributed by atoms with Gasteiger partial charge in [-0.05, 0) is 12.1 Å². The minimum atomic E-state index is -0.253. The molecule has 0 N–H and O–H groups in total. The van der Waals surface area contributed by atoms with Crippen LogP contribution in [0.1, 0.15) is 12.1 Å². The first kappa shape index (κ1) is 14.0. The minimum absolute atomic E-state index is 0.0617. The maximum Gasteiger partial charge on any atom is 0.352 e. The molecule has 0 saturated heterocycles. The first-order valence-corrected chi connectivity index (χ1v) is 9.42. The SMILES string of the molecule is O=c1n(-c2ccccc2)c(=O)n2n1[C@H]1C=C[C@H]2[C@@H]2[C@H](Br)[C@@H](Br)[C@H]21. The van der Waals surface area contributed by atoms with Gasteiger partial charge in [0.05, 0.1) is 17.8 Å². The van der Waals surface area contributed by atoms with Gasteiger partial charge in [-0.3, -0.25) is 0 Å². The molecule has 1 aromatic carbocycles. The highest BCUT2D eigenvalue weighted by atomic mass is 79.9. The normalized spacial score (nSPS) is 36.4. The van der Waals surface area contributed by atoms with Gasteiger partial charge in [-0.15, -0.1) is 0 Å². The van der Waals surface area contributed by atoms with Gasteiger partial charge in [-0.2, -0.15) is 0 Å². The number of rotatable bonds is 1. The minimum Gasteiger partial charge on any atom is -0.245 e. The smallest absolute Gasteiger partial charge is 0.245 e. The summed E-state index contributed by atoms with van der Waals surface area (Å²) in [6.45, 7) is 0. The predicted molar refractivity (Wildman–Crippen MR) is 93.9 cm³/mol. The summed E-state index contributed by atoms with van der Waals surface area (Å²) in [7, 11) is 0. The molecule has 4 aliphatic rings. The number of aromatic nitrogens is 3. The molecule has 2 aliphatic carbocycles. The molecule has 0 amide bonds. The fourth-order valence-electron chi connectivity index (χ4n) is 4.32. The lowest BCUT2D eigenvalue weighted by Gasteiger charge is -2.57. The average molecular weight is 439 g/mol. The van der Waals surface area contributed by atoms with Crippen molar-refractivity contribution in [1.82, 2.24) is 13.9 Å². The van der Waals surface area contributed by atoms with E-state index < -0.39 is 0 Å². The number of benzene rings is 1. The molecule has 6 rings (SSSR count). The monoisotopic (exact) mass is 437 g/mol. The van der Waals surface area contributed by atoms with Crippen molar-refractivity contribution in [3.63, 3.8) is 0 Å². The molecule has 2 bridgehead atoms. The van der Waals surface area contributed by atoms with Gasteiger partial charge in [0, 0.05) is 21.5 Å². The zero-order valence-corrected chi connectivity index (χ0v) is 15.1. The first-order valence-electron chi connectivity index (χ1n) is 7.59. The Labute approximate surface area is 148 Å². The summed E-state index contributed by atoms with van der Waals surface area (Å²) in [6.07, 6.45) is 4.16. The summed E-state index contributed by atoms with van der Waals surface area (Å²) >= 11 is 7.45. The van der Waals surface area contributed by atoms with Crippen LogP contribution in [0.5, 0.6) is 0 Å². The van der Waals surface area contributed by atoms with Crippen LogP contribution in [-0.4, -0.2) is 23.6 Å². The zero-order valence-electron chi connectivity index (χ0n) is 11.9. The van der Waals surface area contributed by atoms with Crippen LogP contribution in [0, 0.1) is 11.8 Å². The van der Waals surface area contributed by atoms with E-state index in [0.29, 0.717) is 27.2 Å². The second-order valence-electron chi connectivity index (χ2n) is 6.33. The number of allylic oxidation sites excluding steroid dienone is 2. The Hall–Kier alpha value is -1.34. The molecule has 23 heavy (non-hydrogen) atoms. The predicted octanol–water partition coefficient (Wildman–Crippen LogP) is 2.24. The molecule has 2 aromatic rings. The second-order valence-corrected chi connectivity index (χ2v) is 8.45. The third kappa shape index (κ3) is 1.57. The molecule has 0 spiro atoms. The maximum absolute atomic E-state index is 12.9. The molecule has 5 nitrogen and oxygen atoms in total. The van der Waals surface area contributed by atoms with E-state index in [9.17, 15) is 9.59 Å². The summed E-state index contributed by atoms with van der Waals surface area (Å²) in [6, 6.07) is 9.00. The average Bonchev–Trinajstić information content (AvgIpc) is 2.87. The molecule has 1 aromatic heterocycles. The lowest BCUT2D eigenvalue weighted by molar-refractivity contribution is 0.0346. The van der Waals surface area contributed by atoms with E-state index in [4.69, 9.17) is 0 Å². The van der Waals surface area contributed by atoms with Gasteiger partial charge in [0.15, 0.2) is 0 Å². The van der Waals surface area contributed by atoms with Crippen molar-refractivity contribution in [2.75, 3.05) is 0 Å². The van der Waals surface area contributed by atoms with Crippen molar-refractivity contribution < 1.29 is 0 Å². The Kier molecular flexibility index (Phi) is 2.81. The molecular formula is C16H13Br2N3O2. The first-order chi connectivity index (χ1) is 11.1. The van der Waals surface area contributed by atoms with E-state index in [1.165, 1.54) is 4.57 Å². The number of halogens is 2. The molecule has 1 saturated carbocycles. The highest BCUT2D eigenvalue weighted by Crippen LogP contribution is 2.59. The quantitative estimate of drug-likeness (QED) is 0.506. The van der Waals surface area contributed by atoms with Gasteiger partial charge in [-0.1, -0.05) is 62.2 Å². The van der Waals surface area contributed by atoms with Crippen LogP contribution < -0.4 is 11.4 Å². The number of hydrogen-bond acceptors (Lipinski definition) is 2. The van der Waals surface area contributed by atoms with Gasteiger partial charge < -0.3 is 0 Å². The van der Waals surface area contributed by atoms with Crippen LogP contribution in [0.4, 0.5) is 0 Å². The van der Waals surface area contributed by atoms with Crippen molar-refractivity contribution in [3.8, 4) is 5.69 Å². The van der Waals surface area contributed by atoms with E-state index >= 15 is 0 Å². The fraction of sp³-hybridized carbons (Fsp3) is 0.375. The summed E-state index contributed by atoms with van der Waals surface area (Å²) in [5, 5.41) is 0. The molecule has 7 heteroatoms. The third-order valence-corrected chi connectivity index (χ3v) is 8.43. The molecule has 6 atom stereocenters. The van der Waals surface area contributed by atoms with Crippen LogP contribution in [-0.2, 0) is 0 Å². The Morgan fingerprint density at radius 3 is 1.74 bits per heavy atom. The summed E-state index contributed by atoms with van der Waals surface area (Å²) in [5.41, 5.74) is 0.114. The van der Waals surface area contributed by atoms with Gasteiger partial charge in [0.25, 0.3) is 0 Å². The maximum atomic E-state index is 12.9. The van der Waals surface area contributed by atoms with Crippen molar-refractivity contribution in [3.05, 3.63) is 63.5 Å². The number of alkyl halides is 2. The molecular weight excluding hydrogens is 426 g/mol. The molecule has 0 unspecified atom stereocenters. The van der Waals surface area contributed by atoms with Crippen molar-refractivity contribution >= 4 is 31.9 Å². The van der Waals surface area contributed by atoms with Gasteiger partial charge in [-0.25, -0.2) is 23.5 Å². The van der Waals surface area contributed by atoms with Crippen molar-refractivity contribution in [2.45, 2.75) is 21.7 Å². The number of nitrogens with zero attached hydrogens (tertiary/aromatic N) is 3. The van der Waals surface area contributed by atoms with Crippen LogP contribution in [0.25, 0.3) is 5.69 Å². The molecule has 0 radical (unpaired) electrons. The zero-order chi connectivity index (χ0) is 15.9. The van der Waals surface area contributed by atoms with Crippen LogP contribution >= 0.6 is 31.9 Å². The van der Waals surface area contributed by atoms with Crippen LogP contribution in [0.2, 0.25) is 0 Å². The molecule has 118 valence electrons. The van der Waals surface area contributed by atoms with E-state index in [1.807, 2.05) is 18.2 Å². The Balaban J connectivity index is 1.78. The Bertz CT molecular complexity index is 887.